The molecule has 0 unspecified atom stereocenters. The zero-order valence-corrected chi connectivity index (χ0v) is 21.4. The van der Waals surface area contributed by atoms with Crippen LogP contribution in [0.15, 0.2) is 47.3 Å². The van der Waals surface area contributed by atoms with Gasteiger partial charge in [-0.25, -0.2) is 14.6 Å². The lowest BCUT2D eigenvalue weighted by molar-refractivity contribution is 0.0225. The molecular weight excluding hydrogens is 470 g/mol. The minimum absolute atomic E-state index is 0.257. The molecule has 0 bridgehead atoms. The van der Waals surface area contributed by atoms with E-state index in [2.05, 4.69) is 10.6 Å². The van der Waals surface area contributed by atoms with Crippen LogP contribution in [0.25, 0.3) is 16.6 Å². The average molecular weight is 500 g/mol. The average Bonchev–Trinajstić information content (AvgIpc) is 2.77. The van der Waals surface area contributed by atoms with Gasteiger partial charge in [-0.2, -0.15) is 0 Å². The molecule has 1 atom stereocenters. The zero-order valence-electron chi connectivity index (χ0n) is 20.7. The third-order valence-electron chi connectivity index (χ3n) is 5.21. The van der Waals surface area contributed by atoms with E-state index in [0.717, 1.165) is 0 Å². The maximum absolute atomic E-state index is 13.7. The number of hydrogen-bond acceptors (Lipinski definition) is 5. The van der Waals surface area contributed by atoms with E-state index >= 15 is 0 Å². The molecule has 2 N–H and O–H groups in total. The largest absolute Gasteiger partial charge is 0.444 e. The van der Waals surface area contributed by atoms with Gasteiger partial charge in [0.1, 0.15) is 11.4 Å². The standard InChI is InChI=1S/C25H30ClN5O4/c1-7-27-23(33)28-16-10-8-11-17(14-16)31-21(15(2)30(6)24(34)35-25(3,4)5)29-19-13-9-12-18(26)20(19)22(31)32/h8-15H,7H2,1-6H3,(H2,27,28,33)/t15-/m0/s1. The number of rotatable bonds is 5. The van der Waals surface area contributed by atoms with Crippen molar-refractivity contribution >= 4 is 40.3 Å². The third-order valence-corrected chi connectivity index (χ3v) is 5.52. The second-order valence-electron chi connectivity index (χ2n) is 9.05. The molecule has 3 aromatic rings. The molecule has 0 radical (unpaired) electrons. The minimum Gasteiger partial charge on any atom is -0.444 e. The van der Waals surface area contributed by atoms with Gasteiger partial charge in [-0.1, -0.05) is 23.7 Å². The predicted octanol–water partition coefficient (Wildman–Crippen LogP) is 5.11. The van der Waals surface area contributed by atoms with Crippen LogP contribution >= 0.6 is 11.6 Å². The summed E-state index contributed by atoms with van der Waals surface area (Å²) in [5, 5.41) is 5.93. The summed E-state index contributed by atoms with van der Waals surface area (Å²) in [5.74, 6) is 0.313. The Hall–Kier alpha value is -3.59. The Bertz CT molecular complexity index is 1320. The predicted molar refractivity (Wildman–Crippen MR) is 137 cm³/mol. The Morgan fingerprint density at radius 3 is 2.54 bits per heavy atom. The highest BCUT2D eigenvalue weighted by atomic mass is 35.5. The van der Waals surface area contributed by atoms with Crippen molar-refractivity contribution in [2.45, 2.75) is 46.3 Å². The molecule has 2 aromatic carbocycles. The Morgan fingerprint density at radius 1 is 1.20 bits per heavy atom. The fraction of sp³-hybridized carbons (Fsp3) is 0.360. The summed E-state index contributed by atoms with van der Waals surface area (Å²) >= 11 is 6.37. The van der Waals surface area contributed by atoms with Gasteiger partial charge in [0.05, 0.1) is 27.7 Å². The molecule has 0 aliphatic heterocycles. The molecule has 0 aliphatic carbocycles. The van der Waals surface area contributed by atoms with E-state index in [1.807, 2.05) is 6.92 Å². The summed E-state index contributed by atoms with van der Waals surface area (Å²) in [6, 6.07) is 10.8. The molecule has 0 aliphatic rings. The lowest BCUT2D eigenvalue weighted by Gasteiger charge is -2.29. The van der Waals surface area contributed by atoms with Crippen molar-refractivity contribution in [3.8, 4) is 5.69 Å². The van der Waals surface area contributed by atoms with Gasteiger partial charge in [0.2, 0.25) is 0 Å². The molecule has 1 aromatic heterocycles. The summed E-state index contributed by atoms with van der Waals surface area (Å²) < 4.78 is 6.91. The number of ether oxygens (including phenoxy) is 1. The minimum atomic E-state index is -0.686. The van der Waals surface area contributed by atoms with E-state index in [-0.39, 0.29) is 16.4 Å². The lowest BCUT2D eigenvalue weighted by atomic mass is 10.2. The number of carbonyl (C=O) groups is 2. The number of halogens is 1. The van der Waals surface area contributed by atoms with Crippen molar-refractivity contribution < 1.29 is 14.3 Å². The summed E-state index contributed by atoms with van der Waals surface area (Å²) in [4.78, 5) is 44.6. The first-order valence-electron chi connectivity index (χ1n) is 11.2. The summed E-state index contributed by atoms with van der Waals surface area (Å²) in [7, 11) is 1.59. The van der Waals surface area contributed by atoms with E-state index in [9.17, 15) is 14.4 Å². The molecule has 3 amide bonds. The second kappa shape index (κ2) is 10.4. The summed E-state index contributed by atoms with van der Waals surface area (Å²) in [6.07, 6.45) is -0.552. The van der Waals surface area contributed by atoms with Crippen LogP contribution in [0.4, 0.5) is 15.3 Å². The molecule has 0 saturated carbocycles. The number of fused-ring (bicyclic) bond motifs is 1. The zero-order chi connectivity index (χ0) is 25.9. The quantitative estimate of drug-likeness (QED) is 0.507. The maximum Gasteiger partial charge on any atom is 0.410 e. The maximum atomic E-state index is 13.7. The van der Waals surface area contributed by atoms with Gasteiger partial charge in [0.15, 0.2) is 0 Å². The number of amides is 3. The molecule has 0 saturated heterocycles. The fourth-order valence-electron chi connectivity index (χ4n) is 3.46. The van der Waals surface area contributed by atoms with Crippen molar-refractivity contribution in [3.63, 3.8) is 0 Å². The van der Waals surface area contributed by atoms with Gasteiger partial charge in [0.25, 0.3) is 5.56 Å². The Balaban J connectivity index is 2.19. The van der Waals surface area contributed by atoms with E-state index in [0.29, 0.717) is 29.3 Å². The number of aromatic nitrogens is 2. The normalized spacial score (nSPS) is 12.2. The van der Waals surface area contributed by atoms with E-state index in [1.165, 1.54) is 9.47 Å². The van der Waals surface area contributed by atoms with E-state index < -0.39 is 23.3 Å². The van der Waals surface area contributed by atoms with Crippen LogP contribution in [-0.4, -0.2) is 45.8 Å². The van der Waals surface area contributed by atoms with Crippen LogP contribution in [0.5, 0.6) is 0 Å². The van der Waals surface area contributed by atoms with Crippen LogP contribution in [-0.2, 0) is 4.74 Å². The SMILES string of the molecule is CCNC(=O)Nc1cccc(-n2c([C@H](C)N(C)C(=O)OC(C)(C)C)nc3cccc(Cl)c3c2=O)c1. The molecule has 10 heteroatoms. The van der Waals surface area contributed by atoms with Gasteiger partial charge in [0, 0.05) is 19.3 Å². The topological polar surface area (TPSA) is 106 Å². The number of carbonyl (C=O) groups excluding carboxylic acids is 2. The summed E-state index contributed by atoms with van der Waals surface area (Å²) in [5.41, 5.74) is 0.274. The van der Waals surface area contributed by atoms with Crippen molar-refractivity contribution in [3.05, 3.63) is 63.7 Å². The fourth-order valence-corrected chi connectivity index (χ4v) is 3.71. The highest BCUT2D eigenvalue weighted by Crippen LogP contribution is 2.26. The smallest absolute Gasteiger partial charge is 0.410 e. The lowest BCUT2D eigenvalue weighted by Crippen LogP contribution is -2.38. The Kier molecular flexibility index (Phi) is 7.70. The number of hydrogen-bond donors (Lipinski definition) is 2. The third kappa shape index (κ3) is 5.92. The number of anilines is 1. The van der Waals surface area contributed by atoms with Crippen LogP contribution in [0, 0.1) is 0 Å². The highest BCUT2D eigenvalue weighted by molar-refractivity contribution is 6.35. The molecule has 9 nitrogen and oxygen atoms in total. The first-order chi connectivity index (χ1) is 16.4. The molecule has 1 heterocycles. The van der Waals surface area contributed by atoms with Crippen LogP contribution < -0.4 is 16.2 Å². The number of urea groups is 1. The second-order valence-corrected chi connectivity index (χ2v) is 9.45. The first kappa shape index (κ1) is 26.0. The number of nitrogens with one attached hydrogen (secondary N) is 2. The summed E-state index contributed by atoms with van der Waals surface area (Å²) in [6.45, 7) is 9.38. The highest BCUT2D eigenvalue weighted by Gasteiger charge is 2.28. The van der Waals surface area contributed by atoms with E-state index in [1.54, 1.807) is 77.2 Å². The molecule has 3 rings (SSSR count). The molecule has 0 spiro atoms. The molecule has 35 heavy (non-hydrogen) atoms. The van der Waals surface area contributed by atoms with Gasteiger partial charge in [-0.05, 0) is 65.0 Å². The number of benzene rings is 2. The van der Waals surface area contributed by atoms with Crippen LogP contribution in [0.1, 0.15) is 46.5 Å². The first-order valence-corrected chi connectivity index (χ1v) is 11.6. The van der Waals surface area contributed by atoms with Gasteiger partial charge >= 0.3 is 12.1 Å². The van der Waals surface area contributed by atoms with Gasteiger partial charge in [-0.15, -0.1) is 0 Å². The molecule has 186 valence electrons. The van der Waals surface area contributed by atoms with Gasteiger partial charge < -0.3 is 20.3 Å². The van der Waals surface area contributed by atoms with E-state index in [4.69, 9.17) is 21.3 Å². The molecule has 0 fully saturated rings. The van der Waals surface area contributed by atoms with Crippen LogP contribution in [0.3, 0.4) is 0 Å². The number of nitrogens with zero attached hydrogens (tertiary/aromatic N) is 3. The Labute approximate surface area is 209 Å². The van der Waals surface area contributed by atoms with Gasteiger partial charge in [-0.3, -0.25) is 9.36 Å². The van der Waals surface area contributed by atoms with Crippen molar-refractivity contribution in [1.82, 2.24) is 19.8 Å². The monoisotopic (exact) mass is 499 g/mol. The van der Waals surface area contributed by atoms with Crippen molar-refractivity contribution in [2.75, 3.05) is 18.9 Å². The van der Waals surface area contributed by atoms with Crippen molar-refractivity contribution in [1.29, 1.82) is 0 Å². The Morgan fingerprint density at radius 2 is 1.89 bits per heavy atom. The van der Waals surface area contributed by atoms with Crippen molar-refractivity contribution in [2.24, 2.45) is 0 Å². The molecular formula is C25H30ClN5O4. The van der Waals surface area contributed by atoms with Crippen LogP contribution in [0.2, 0.25) is 5.02 Å².